The lowest BCUT2D eigenvalue weighted by atomic mass is 10.1. The van der Waals surface area contributed by atoms with Gasteiger partial charge in [0.25, 0.3) is 0 Å². The van der Waals surface area contributed by atoms with Crippen LogP contribution in [0.3, 0.4) is 0 Å². The third-order valence-electron chi connectivity index (χ3n) is 2.97. The molecule has 0 saturated carbocycles. The summed E-state index contributed by atoms with van der Waals surface area (Å²) < 4.78 is 33.2. The summed E-state index contributed by atoms with van der Waals surface area (Å²) in [5.74, 6) is -0.631. The number of hydrogen-bond acceptors (Lipinski definition) is 6. The first-order chi connectivity index (χ1) is 9.07. The van der Waals surface area contributed by atoms with Gasteiger partial charge in [-0.05, 0) is 13.8 Å². The lowest BCUT2D eigenvalue weighted by Gasteiger charge is -2.23. The maximum atomic E-state index is 5.85. The van der Waals surface area contributed by atoms with Gasteiger partial charge in [0, 0.05) is 7.11 Å². The quantitative estimate of drug-likeness (QED) is 0.393. The van der Waals surface area contributed by atoms with E-state index in [9.17, 15) is 0 Å². The fourth-order valence-corrected chi connectivity index (χ4v) is 2.32. The average Bonchev–Trinajstić information content (AvgIpc) is 2.82. The van der Waals surface area contributed by atoms with Crippen molar-refractivity contribution in [1.29, 1.82) is 0 Å². The molecule has 0 spiro atoms. The molecule has 0 aromatic carbocycles. The van der Waals surface area contributed by atoms with E-state index in [1.807, 2.05) is 13.8 Å². The zero-order valence-corrected chi connectivity index (χ0v) is 11.7. The van der Waals surface area contributed by atoms with Crippen molar-refractivity contribution < 1.29 is 28.4 Å². The first-order valence-electron chi connectivity index (χ1n) is 6.37. The molecule has 6 nitrogen and oxygen atoms in total. The Bertz CT molecular complexity index is 306. The summed E-state index contributed by atoms with van der Waals surface area (Å²) in [6.07, 6.45) is 0.555. The normalized spacial score (nSPS) is 36.4. The molecule has 0 aliphatic carbocycles. The van der Waals surface area contributed by atoms with Crippen LogP contribution in [0.1, 0.15) is 13.8 Å². The topological polar surface area (TPSA) is 55.4 Å². The molecule has 0 bridgehead atoms. The van der Waals surface area contributed by atoms with Gasteiger partial charge in [-0.3, -0.25) is 0 Å². The van der Waals surface area contributed by atoms with E-state index < -0.39 is 12.1 Å². The van der Waals surface area contributed by atoms with Crippen molar-refractivity contribution in [2.24, 2.45) is 0 Å². The summed E-state index contributed by atoms with van der Waals surface area (Å²) in [4.78, 5) is 0. The van der Waals surface area contributed by atoms with E-state index in [-0.39, 0.29) is 25.1 Å². The molecule has 2 aliphatic rings. The third-order valence-corrected chi connectivity index (χ3v) is 2.97. The van der Waals surface area contributed by atoms with Crippen molar-refractivity contribution in [2.75, 3.05) is 27.1 Å². The molecule has 0 N–H and O–H groups in total. The molecule has 0 aromatic heterocycles. The highest BCUT2D eigenvalue weighted by Gasteiger charge is 2.55. The maximum Gasteiger partial charge on any atom is 0.187 e. The second-order valence-corrected chi connectivity index (χ2v) is 5.01. The second kappa shape index (κ2) is 6.30. The number of ether oxygens (including phenoxy) is 6. The molecule has 19 heavy (non-hydrogen) atoms. The van der Waals surface area contributed by atoms with E-state index in [1.54, 1.807) is 13.2 Å². The van der Waals surface area contributed by atoms with Crippen molar-refractivity contribution in [3.8, 4) is 0 Å². The molecule has 0 aromatic rings. The van der Waals surface area contributed by atoms with E-state index in [1.165, 1.54) is 0 Å². The Labute approximate surface area is 113 Å². The second-order valence-electron chi connectivity index (χ2n) is 5.01. The van der Waals surface area contributed by atoms with Crippen molar-refractivity contribution in [3.63, 3.8) is 0 Å². The van der Waals surface area contributed by atoms with Gasteiger partial charge in [0.15, 0.2) is 12.1 Å². The molecular formula is C13H22O6. The van der Waals surface area contributed by atoms with E-state index >= 15 is 0 Å². The van der Waals surface area contributed by atoms with Crippen molar-refractivity contribution in [3.05, 3.63) is 12.7 Å². The molecule has 0 amide bonds. The predicted molar refractivity (Wildman–Crippen MR) is 66.5 cm³/mol. The van der Waals surface area contributed by atoms with Gasteiger partial charge in [0.05, 0.1) is 13.2 Å². The molecule has 2 fully saturated rings. The Hall–Kier alpha value is -0.500. The largest absolute Gasteiger partial charge is 0.359 e. The molecule has 2 saturated heterocycles. The van der Waals surface area contributed by atoms with Gasteiger partial charge < -0.3 is 28.4 Å². The van der Waals surface area contributed by atoms with Gasteiger partial charge >= 0.3 is 0 Å². The molecule has 110 valence electrons. The van der Waals surface area contributed by atoms with Gasteiger partial charge in [0.2, 0.25) is 0 Å². The van der Waals surface area contributed by atoms with Crippen LogP contribution in [0.25, 0.3) is 0 Å². The zero-order chi connectivity index (χ0) is 13.9. The monoisotopic (exact) mass is 274 g/mol. The van der Waals surface area contributed by atoms with E-state index in [4.69, 9.17) is 28.4 Å². The minimum atomic E-state index is -0.631. The summed E-state index contributed by atoms with van der Waals surface area (Å²) in [5, 5.41) is 0. The zero-order valence-electron chi connectivity index (χ0n) is 11.7. The van der Waals surface area contributed by atoms with Crippen LogP contribution in [0, 0.1) is 0 Å². The minimum Gasteiger partial charge on any atom is -0.359 e. The van der Waals surface area contributed by atoms with E-state index in [0.717, 1.165) is 0 Å². The van der Waals surface area contributed by atoms with Crippen LogP contribution in [0.5, 0.6) is 0 Å². The average molecular weight is 274 g/mol. The predicted octanol–water partition coefficient (Wildman–Crippen LogP) is 1.05. The first-order valence-corrected chi connectivity index (χ1v) is 6.37. The number of fused-ring (bicyclic) bond motifs is 1. The Morgan fingerprint density at radius 1 is 1.26 bits per heavy atom. The lowest BCUT2D eigenvalue weighted by molar-refractivity contribution is -0.237. The minimum absolute atomic E-state index is 0.193. The van der Waals surface area contributed by atoms with E-state index in [0.29, 0.717) is 13.2 Å². The summed E-state index contributed by atoms with van der Waals surface area (Å²) in [5.41, 5.74) is 0. The summed E-state index contributed by atoms with van der Waals surface area (Å²) in [6, 6.07) is 0. The van der Waals surface area contributed by atoms with Crippen molar-refractivity contribution in [1.82, 2.24) is 0 Å². The van der Waals surface area contributed by atoms with Gasteiger partial charge in [0.1, 0.15) is 25.1 Å². The van der Waals surface area contributed by atoms with Crippen LogP contribution in [-0.2, 0) is 28.4 Å². The first kappa shape index (κ1) is 14.9. The van der Waals surface area contributed by atoms with Gasteiger partial charge in [-0.25, -0.2) is 0 Å². The standard InChI is InChI=1S/C13H22O6/c1-5-6-16-12-11-10(18-13(2,3)19-11)9(17-12)7-15-8-14-4/h5,9-12H,1,6-8H2,2-4H3/t9-,10-,11-,12-/m1/s1. The highest BCUT2D eigenvalue weighted by Crippen LogP contribution is 2.39. The van der Waals surface area contributed by atoms with Crippen molar-refractivity contribution in [2.45, 2.75) is 44.2 Å². The highest BCUT2D eigenvalue weighted by molar-refractivity contribution is 4.95. The molecule has 2 rings (SSSR count). The number of rotatable bonds is 7. The van der Waals surface area contributed by atoms with Crippen LogP contribution in [0.15, 0.2) is 12.7 Å². The van der Waals surface area contributed by atoms with Crippen molar-refractivity contribution >= 4 is 0 Å². The maximum absolute atomic E-state index is 5.85. The van der Waals surface area contributed by atoms with Crippen LogP contribution in [0.4, 0.5) is 0 Å². The molecule has 6 heteroatoms. The number of methoxy groups -OCH3 is 1. The van der Waals surface area contributed by atoms with E-state index in [2.05, 4.69) is 6.58 Å². The molecule has 0 unspecified atom stereocenters. The fourth-order valence-electron chi connectivity index (χ4n) is 2.32. The van der Waals surface area contributed by atoms with Crippen LogP contribution in [-0.4, -0.2) is 57.5 Å². The molecular weight excluding hydrogens is 252 g/mol. The Balaban J connectivity index is 1.95. The van der Waals surface area contributed by atoms with Crippen LogP contribution < -0.4 is 0 Å². The highest BCUT2D eigenvalue weighted by atomic mass is 16.8. The molecule has 0 radical (unpaired) electrons. The Kier molecular flexibility index (Phi) is 4.94. The summed E-state index contributed by atoms with van der Waals surface area (Å²) in [6.45, 7) is 8.38. The fraction of sp³-hybridized carbons (Fsp3) is 0.846. The SMILES string of the molecule is C=CCO[C@@H]1O[C@H](COCOC)[C@H]2OC(C)(C)O[C@@H]12. The lowest BCUT2D eigenvalue weighted by Crippen LogP contribution is -2.33. The van der Waals surface area contributed by atoms with Gasteiger partial charge in [-0.1, -0.05) is 6.08 Å². The summed E-state index contributed by atoms with van der Waals surface area (Å²) >= 11 is 0. The van der Waals surface area contributed by atoms with Crippen LogP contribution in [0.2, 0.25) is 0 Å². The number of hydrogen-bond donors (Lipinski definition) is 0. The molecule has 2 heterocycles. The molecule has 2 aliphatic heterocycles. The smallest absolute Gasteiger partial charge is 0.187 e. The van der Waals surface area contributed by atoms with Gasteiger partial charge in [-0.2, -0.15) is 0 Å². The summed E-state index contributed by atoms with van der Waals surface area (Å²) in [7, 11) is 1.58. The molecule has 4 atom stereocenters. The Morgan fingerprint density at radius 2 is 2.00 bits per heavy atom. The Morgan fingerprint density at radius 3 is 2.68 bits per heavy atom. The third kappa shape index (κ3) is 3.53. The van der Waals surface area contributed by atoms with Gasteiger partial charge in [-0.15, -0.1) is 6.58 Å². The van der Waals surface area contributed by atoms with Crippen LogP contribution >= 0.6 is 0 Å².